The molecule has 102 valence electrons. The molecule has 19 heavy (non-hydrogen) atoms. The van der Waals surface area contributed by atoms with Crippen LogP contribution in [0.4, 0.5) is 13.2 Å². The van der Waals surface area contributed by atoms with Crippen LogP contribution in [0.2, 0.25) is 0 Å². The summed E-state index contributed by atoms with van der Waals surface area (Å²) < 4.78 is 37.4. The molecule has 0 aliphatic heterocycles. The number of nitrogens with zero attached hydrogens (tertiary/aromatic N) is 1. The van der Waals surface area contributed by atoms with E-state index in [2.05, 4.69) is 4.98 Å². The first-order valence-corrected chi connectivity index (χ1v) is 6.43. The Morgan fingerprint density at radius 2 is 1.79 bits per heavy atom. The summed E-state index contributed by atoms with van der Waals surface area (Å²) in [5.41, 5.74) is 0.642. The van der Waals surface area contributed by atoms with E-state index in [1.165, 1.54) is 23.5 Å². The number of aliphatic hydroxyl groups is 1. The highest BCUT2D eigenvalue weighted by molar-refractivity contribution is 7.15. The molecule has 0 aliphatic rings. The van der Waals surface area contributed by atoms with E-state index in [0.29, 0.717) is 16.3 Å². The molecule has 0 spiro atoms. The number of aromatic nitrogens is 1. The van der Waals surface area contributed by atoms with Crippen molar-refractivity contribution in [2.45, 2.75) is 26.1 Å². The second-order valence-corrected chi connectivity index (χ2v) is 5.25. The lowest BCUT2D eigenvalue weighted by molar-refractivity contribution is -0.137. The molecule has 1 N–H and O–H groups in total. The van der Waals surface area contributed by atoms with Crippen molar-refractivity contribution in [2.24, 2.45) is 0 Å². The Morgan fingerprint density at radius 1 is 1.21 bits per heavy atom. The number of benzene rings is 1. The van der Waals surface area contributed by atoms with Gasteiger partial charge < -0.3 is 5.11 Å². The van der Waals surface area contributed by atoms with E-state index in [1.807, 2.05) is 0 Å². The van der Waals surface area contributed by atoms with Crippen LogP contribution in [0.25, 0.3) is 10.6 Å². The third-order valence-electron chi connectivity index (χ3n) is 2.67. The molecule has 0 saturated carbocycles. The second-order valence-electron chi connectivity index (χ2n) is 4.22. The molecular formula is C13H12F3NOS. The molecule has 2 aromatic rings. The van der Waals surface area contributed by atoms with E-state index in [0.717, 1.165) is 17.0 Å². The Morgan fingerprint density at radius 3 is 2.21 bits per heavy atom. The molecule has 2 nitrogen and oxygen atoms in total. The number of hydrogen-bond donors (Lipinski definition) is 1. The molecule has 0 bridgehead atoms. The minimum Gasteiger partial charge on any atom is -0.388 e. The van der Waals surface area contributed by atoms with Crippen LogP contribution in [0, 0.1) is 6.92 Å². The summed E-state index contributed by atoms with van der Waals surface area (Å²) in [6, 6.07) is 4.86. The highest BCUT2D eigenvalue weighted by Gasteiger charge is 2.30. The molecule has 0 unspecified atom stereocenters. The van der Waals surface area contributed by atoms with E-state index in [1.54, 1.807) is 13.8 Å². The fraction of sp³-hybridized carbons (Fsp3) is 0.308. The minimum atomic E-state index is -4.33. The summed E-state index contributed by atoms with van der Waals surface area (Å²) in [4.78, 5) is 5.00. The van der Waals surface area contributed by atoms with Crippen molar-refractivity contribution < 1.29 is 18.3 Å². The zero-order valence-electron chi connectivity index (χ0n) is 10.3. The van der Waals surface area contributed by atoms with Crippen molar-refractivity contribution in [2.75, 3.05) is 0 Å². The summed E-state index contributed by atoms with van der Waals surface area (Å²) in [5.74, 6) is 0. The van der Waals surface area contributed by atoms with Gasteiger partial charge in [-0.05, 0) is 26.0 Å². The SMILES string of the molecule is Cc1nc(-c2ccc(C(F)(F)F)cc2)sc1[C@@H](C)O. The Bertz CT molecular complexity index is 573. The first-order chi connectivity index (χ1) is 8.79. The van der Waals surface area contributed by atoms with E-state index in [-0.39, 0.29) is 0 Å². The number of thiazole rings is 1. The second kappa shape index (κ2) is 4.94. The summed E-state index contributed by atoms with van der Waals surface area (Å²) in [6.45, 7) is 3.41. The summed E-state index contributed by atoms with van der Waals surface area (Å²) in [5, 5.41) is 10.2. The highest BCUT2D eigenvalue weighted by atomic mass is 32.1. The number of rotatable bonds is 2. The molecule has 0 aliphatic carbocycles. The lowest BCUT2D eigenvalue weighted by Gasteiger charge is -2.06. The van der Waals surface area contributed by atoms with E-state index < -0.39 is 17.8 Å². The van der Waals surface area contributed by atoms with Crippen LogP contribution in [0.1, 0.15) is 29.2 Å². The number of halogens is 3. The summed E-state index contributed by atoms with van der Waals surface area (Å²) >= 11 is 1.29. The van der Waals surface area contributed by atoms with Gasteiger partial charge in [0.2, 0.25) is 0 Å². The van der Waals surface area contributed by atoms with Gasteiger partial charge in [-0.3, -0.25) is 0 Å². The first-order valence-electron chi connectivity index (χ1n) is 5.62. The van der Waals surface area contributed by atoms with Crippen LogP contribution in [0.5, 0.6) is 0 Å². The smallest absolute Gasteiger partial charge is 0.388 e. The average Bonchev–Trinajstić information content (AvgIpc) is 2.70. The highest BCUT2D eigenvalue weighted by Crippen LogP contribution is 2.34. The van der Waals surface area contributed by atoms with Crippen molar-refractivity contribution >= 4 is 11.3 Å². The van der Waals surface area contributed by atoms with E-state index in [9.17, 15) is 18.3 Å². The van der Waals surface area contributed by atoms with Crippen LogP contribution in [0.15, 0.2) is 24.3 Å². The Kier molecular flexibility index (Phi) is 3.64. The van der Waals surface area contributed by atoms with E-state index in [4.69, 9.17) is 0 Å². The predicted molar refractivity (Wildman–Crippen MR) is 67.9 cm³/mol. The summed E-state index contributed by atoms with van der Waals surface area (Å²) in [6.07, 6.45) is -4.96. The molecule has 1 aromatic carbocycles. The van der Waals surface area contributed by atoms with Crippen molar-refractivity contribution in [1.82, 2.24) is 4.98 Å². The number of aryl methyl sites for hydroxylation is 1. The maximum atomic E-state index is 12.5. The third kappa shape index (κ3) is 2.96. The topological polar surface area (TPSA) is 33.1 Å². The van der Waals surface area contributed by atoms with Crippen LogP contribution < -0.4 is 0 Å². The van der Waals surface area contributed by atoms with Crippen molar-refractivity contribution in [3.8, 4) is 10.6 Å². The van der Waals surface area contributed by atoms with Gasteiger partial charge in [0, 0.05) is 5.56 Å². The van der Waals surface area contributed by atoms with Crippen molar-refractivity contribution in [3.05, 3.63) is 40.4 Å². The third-order valence-corrected chi connectivity index (χ3v) is 4.05. The molecule has 1 aromatic heterocycles. The zero-order valence-corrected chi connectivity index (χ0v) is 11.1. The molecule has 1 atom stereocenters. The summed E-state index contributed by atoms with van der Waals surface area (Å²) in [7, 11) is 0. The molecule has 0 fully saturated rings. The number of aliphatic hydroxyl groups excluding tert-OH is 1. The van der Waals surface area contributed by atoms with Gasteiger partial charge >= 0.3 is 6.18 Å². The van der Waals surface area contributed by atoms with Crippen LogP contribution in [0.3, 0.4) is 0 Å². The van der Waals surface area contributed by atoms with Crippen LogP contribution in [-0.4, -0.2) is 10.1 Å². The quantitative estimate of drug-likeness (QED) is 0.898. The minimum absolute atomic E-state index is 0.613. The molecule has 0 amide bonds. The van der Waals surface area contributed by atoms with Gasteiger partial charge in [0.05, 0.1) is 22.2 Å². The predicted octanol–water partition coefficient (Wildman–Crippen LogP) is 4.19. The zero-order chi connectivity index (χ0) is 14.2. The molecule has 2 rings (SSSR count). The van der Waals surface area contributed by atoms with Gasteiger partial charge in [-0.25, -0.2) is 4.98 Å². The largest absolute Gasteiger partial charge is 0.416 e. The molecule has 6 heteroatoms. The van der Waals surface area contributed by atoms with Gasteiger partial charge in [0.25, 0.3) is 0 Å². The maximum absolute atomic E-state index is 12.5. The fourth-order valence-electron chi connectivity index (χ4n) is 1.72. The Balaban J connectivity index is 2.35. The standard InChI is InChI=1S/C13H12F3NOS/c1-7-11(8(2)18)19-12(17-7)9-3-5-10(6-4-9)13(14,15)16/h3-6,8,18H,1-2H3/t8-/m1/s1. The van der Waals surface area contributed by atoms with Gasteiger partial charge in [-0.1, -0.05) is 12.1 Å². The van der Waals surface area contributed by atoms with Crippen molar-refractivity contribution in [3.63, 3.8) is 0 Å². The average molecular weight is 287 g/mol. The molecule has 0 saturated heterocycles. The van der Waals surface area contributed by atoms with Crippen LogP contribution >= 0.6 is 11.3 Å². The molecule has 1 heterocycles. The van der Waals surface area contributed by atoms with Gasteiger partial charge in [0.1, 0.15) is 5.01 Å². The lowest BCUT2D eigenvalue weighted by Crippen LogP contribution is -2.03. The molecule has 0 radical (unpaired) electrons. The molecular weight excluding hydrogens is 275 g/mol. The Hall–Kier alpha value is -1.40. The Labute approximate surface area is 112 Å². The number of hydrogen-bond acceptors (Lipinski definition) is 3. The monoisotopic (exact) mass is 287 g/mol. The van der Waals surface area contributed by atoms with Crippen molar-refractivity contribution in [1.29, 1.82) is 0 Å². The maximum Gasteiger partial charge on any atom is 0.416 e. The lowest BCUT2D eigenvalue weighted by atomic mass is 10.1. The van der Waals surface area contributed by atoms with Gasteiger partial charge in [-0.15, -0.1) is 11.3 Å². The fourth-order valence-corrected chi connectivity index (χ4v) is 2.73. The van der Waals surface area contributed by atoms with E-state index >= 15 is 0 Å². The van der Waals surface area contributed by atoms with Gasteiger partial charge in [-0.2, -0.15) is 13.2 Å². The van der Waals surface area contributed by atoms with Gasteiger partial charge in [0.15, 0.2) is 0 Å². The normalized spacial score (nSPS) is 13.6. The first kappa shape index (κ1) is 14.0. The van der Waals surface area contributed by atoms with Crippen LogP contribution in [-0.2, 0) is 6.18 Å². The number of alkyl halides is 3.